The van der Waals surface area contributed by atoms with Gasteiger partial charge >= 0.3 is 12.1 Å². The highest BCUT2D eigenvalue weighted by Gasteiger charge is 2.30. The lowest BCUT2D eigenvalue weighted by Gasteiger charge is -2.23. The lowest BCUT2D eigenvalue weighted by molar-refractivity contribution is -0.135. The molecular weight excluding hydrogens is 596 g/mol. The van der Waals surface area contributed by atoms with E-state index in [4.69, 9.17) is 15.5 Å². The number of carbonyl (C=O) groups is 2. The van der Waals surface area contributed by atoms with E-state index in [0.717, 1.165) is 15.4 Å². The second-order valence-electron chi connectivity index (χ2n) is 11.3. The number of rotatable bonds is 8. The van der Waals surface area contributed by atoms with E-state index < -0.39 is 34.2 Å². The Hall–Kier alpha value is -5.30. The second kappa shape index (κ2) is 12.0. The third-order valence-corrected chi connectivity index (χ3v) is 8.71. The van der Waals surface area contributed by atoms with Crippen LogP contribution in [-0.4, -0.2) is 58.1 Å². The van der Waals surface area contributed by atoms with Crippen LogP contribution in [0.3, 0.4) is 0 Å². The van der Waals surface area contributed by atoms with Crippen molar-refractivity contribution in [1.82, 2.24) is 14.5 Å². The van der Waals surface area contributed by atoms with Crippen molar-refractivity contribution in [3.8, 4) is 0 Å². The summed E-state index contributed by atoms with van der Waals surface area (Å²) in [6.07, 6.45) is 1.15. The molecule has 3 aromatic carbocycles. The topological polar surface area (TPSA) is 170 Å². The van der Waals surface area contributed by atoms with Crippen LogP contribution < -0.4 is 10.0 Å². The summed E-state index contributed by atoms with van der Waals surface area (Å²) in [6.45, 7) is 4.44. The Morgan fingerprint density at radius 1 is 1.04 bits per heavy atom. The molecule has 0 radical (unpaired) electrons. The lowest BCUT2D eigenvalue weighted by Crippen LogP contribution is -2.36. The number of aliphatic carboxylic acids is 1. The fourth-order valence-electron chi connectivity index (χ4n) is 4.82. The normalized spacial score (nSPS) is 12.4. The van der Waals surface area contributed by atoms with Crippen molar-refractivity contribution in [3.05, 3.63) is 95.9 Å². The number of aliphatic imine (C=N–C) groups is 1. The number of sulfonamides is 1. The Bertz CT molecular complexity index is 2060. The van der Waals surface area contributed by atoms with Gasteiger partial charge in [0.2, 0.25) is 0 Å². The van der Waals surface area contributed by atoms with E-state index in [0.29, 0.717) is 28.7 Å². The van der Waals surface area contributed by atoms with Crippen LogP contribution in [0.15, 0.2) is 88.9 Å². The fraction of sp³-hybridized carbons (Fsp3) is 0.219. The van der Waals surface area contributed by atoms with Crippen molar-refractivity contribution in [2.75, 3.05) is 10.8 Å². The maximum atomic E-state index is 13.9. The van der Waals surface area contributed by atoms with E-state index in [-0.39, 0.29) is 21.9 Å². The number of carboxylic acid groups (broad SMARTS) is 1. The van der Waals surface area contributed by atoms with E-state index in [1.165, 1.54) is 12.3 Å². The number of imidazole rings is 1. The number of carbonyl (C=O) groups excluding carboxylic acids is 1. The average molecular weight is 629 g/mol. The molecule has 2 aromatic heterocycles. The molecule has 0 atom stereocenters. The number of fused-ring (bicyclic) bond motifs is 2. The van der Waals surface area contributed by atoms with E-state index in [1.54, 1.807) is 75.4 Å². The summed E-state index contributed by atoms with van der Waals surface area (Å²) >= 11 is 0. The predicted molar refractivity (Wildman–Crippen MR) is 171 cm³/mol. The van der Waals surface area contributed by atoms with Gasteiger partial charge in [0.15, 0.2) is 0 Å². The Kier molecular flexibility index (Phi) is 8.30. The molecule has 1 amide bonds. The number of pyridine rings is 1. The molecule has 5 rings (SSSR count). The Morgan fingerprint density at radius 3 is 2.44 bits per heavy atom. The number of amides is 1. The van der Waals surface area contributed by atoms with Crippen LogP contribution in [0.5, 0.6) is 0 Å². The third-order valence-electron chi connectivity index (χ3n) is 6.90. The molecule has 5 aromatic rings. The van der Waals surface area contributed by atoms with Crippen molar-refractivity contribution in [3.63, 3.8) is 0 Å². The van der Waals surface area contributed by atoms with Gasteiger partial charge in [0, 0.05) is 30.6 Å². The first kappa shape index (κ1) is 31.1. The zero-order valence-electron chi connectivity index (χ0n) is 25.1. The van der Waals surface area contributed by atoms with Crippen molar-refractivity contribution < 1.29 is 27.9 Å². The van der Waals surface area contributed by atoms with Crippen LogP contribution >= 0.6 is 0 Å². The van der Waals surface area contributed by atoms with Crippen LogP contribution in [0, 0.1) is 0 Å². The molecule has 0 aliphatic carbocycles. The highest BCUT2D eigenvalue weighted by Crippen LogP contribution is 2.30. The molecule has 3 N–H and O–H groups in total. The Morgan fingerprint density at radius 2 is 1.76 bits per heavy atom. The molecule has 0 spiro atoms. The van der Waals surface area contributed by atoms with Crippen molar-refractivity contribution in [1.29, 1.82) is 0 Å². The molecule has 0 bridgehead atoms. The average Bonchev–Trinajstić information content (AvgIpc) is 3.28. The van der Waals surface area contributed by atoms with Gasteiger partial charge in [0.25, 0.3) is 10.0 Å². The van der Waals surface area contributed by atoms with Gasteiger partial charge in [0.1, 0.15) is 28.7 Å². The van der Waals surface area contributed by atoms with E-state index in [1.807, 2.05) is 23.7 Å². The first-order chi connectivity index (χ1) is 21.2. The number of hydrogen-bond acceptors (Lipinski definition) is 7. The smallest absolute Gasteiger partial charge is 0.436 e. The summed E-state index contributed by atoms with van der Waals surface area (Å²) in [6, 6.07) is 20.2. The molecule has 0 saturated carbocycles. The first-order valence-electron chi connectivity index (χ1n) is 13.9. The van der Waals surface area contributed by atoms with Crippen LogP contribution in [-0.2, 0) is 33.0 Å². The Labute approximate surface area is 259 Å². The summed E-state index contributed by atoms with van der Waals surface area (Å²) in [5.41, 5.74) is 8.42. The number of anilines is 1. The number of nitrogens with two attached hydrogens (primary N) is 1. The SMILES string of the molecule is Cn1c(Cc2ccc(C(N)=NC(=O)OC(C)(C)C)cc2)nc2cc(N(CC(=O)O)S(=O)(=O)c3cccc4cccnc34)ccc21. The van der Waals surface area contributed by atoms with Crippen LogP contribution in [0.2, 0.25) is 0 Å². The van der Waals surface area contributed by atoms with Crippen molar-refractivity contribution in [2.45, 2.75) is 37.7 Å². The number of hydrogen-bond donors (Lipinski definition) is 2. The lowest BCUT2D eigenvalue weighted by atomic mass is 10.1. The van der Waals surface area contributed by atoms with Gasteiger partial charge in [-0.15, -0.1) is 0 Å². The highest BCUT2D eigenvalue weighted by molar-refractivity contribution is 7.93. The summed E-state index contributed by atoms with van der Waals surface area (Å²) in [5.74, 6) is -0.587. The molecule has 232 valence electrons. The summed E-state index contributed by atoms with van der Waals surface area (Å²) in [5, 5.41) is 10.3. The number of nitrogens with zero attached hydrogens (tertiary/aromatic N) is 5. The van der Waals surface area contributed by atoms with Crippen molar-refractivity contribution in [2.24, 2.45) is 17.8 Å². The number of benzene rings is 3. The number of aromatic nitrogens is 3. The van der Waals surface area contributed by atoms with Crippen LogP contribution in [0.4, 0.5) is 10.5 Å². The minimum absolute atomic E-state index is 0.0335. The van der Waals surface area contributed by atoms with Gasteiger partial charge in [-0.2, -0.15) is 4.99 Å². The molecule has 0 aliphatic rings. The number of ether oxygens (including phenoxy) is 1. The zero-order valence-corrected chi connectivity index (χ0v) is 25.9. The van der Waals surface area contributed by atoms with Gasteiger partial charge in [0.05, 0.1) is 22.2 Å². The monoisotopic (exact) mass is 628 g/mol. The maximum Gasteiger partial charge on any atom is 0.436 e. The molecule has 45 heavy (non-hydrogen) atoms. The Balaban J connectivity index is 1.44. The van der Waals surface area contributed by atoms with Crippen LogP contribution in [0.1, 0.15) is 37.7 Å². The summed E-state index contributed by atoms with van der Waals surface area (Å²) < 4.78 is 35.7. The third kappa shape index (κ3) is 6.78. The number of amidine groups is 1. The number of carboxylic acids is 1. The van der Waals surface area contributed by atoms with E-state index in [9.17, 15) is 23.1 Å². The van der Waals surface area contributed by atoms with Gasteiger partial charge in [-0.3, -0.25) is 14.1 Å². The van der Waals surface area contributed by atoms with Crippen molar-refractivity contribution >= 4 is 55.5 Å². The predicted octanol–water partition coefficient (Wildman–Crippen LogP) is 4.63. The second-order valence-corrected chi connectivity index (χ2v) is 13.2. The minimum atomic E-state index is -4.32. The summed E-state index contributed by atoms with van der Waals surface area (Å²) in [7, 11) is -2.47. The molecule has 2 heterocycles. The zero-order chi connectivity index (χ0) is 32.5. The number of aryl methyl sites for hydroxylation is 1. The quantitative estimate of drug-likeness (QED) is 0.184. The van der Waals surface area contributed by atoms with Gasteiger partial charge in [-0.05, 0) is 56.7 Å². The molecule has 13 heteroatoms. The first-order valence-corrected chi connectivity index (χ1v) is 15.4. The highest BCUT2D eigenvalue weighted by atomic mass is 32.2. The fourth-order valence-corrected chi connectivity index (χ4v) is 6.39. The van der Waals surface area contributed by atoms with Gasteiger partial charge in [-0.25, -0.2) is 18.2 Å². The molecule has 0 fully saturated rings. The molecule has 0 saturated heterocycles. The standard InChI is InChI=1S/C32H32N6O6S/c1-32(2,3)44-31(41)36-30(33)22-12-10-20(11-13-22)17-27-35-24-18-23(14-15-25(24)37(27)4)38(19-28(39)40)45(42,43)26-9-5-7-21-8-6-16-34-29(21)26/h5-16,18H,17,19H2,1-4H3,(H,39,40)(H2,33,36,41). The van der Waals surface area contributed by atoms with Gasteiger partial charge in [-0.1, -0.05) is 42.5 Å². The van der Waals surface area contributed by atoms with E-state index in [2.05, 4.69) is 9.98 Å². The largest absolute Gasteiger partial charge is 0.480 e. The maximum absolute atomic E-state index is 13.9. The van der Waals surface area contributed by atoms with E-state index >= 15 is 0 Å². The number of para-hydroxylation sites is 1. The van der Waals surface area contributed by atoms with Gasteiger partial charge < -0.3 is 20.1 Å². The molecule has 0 unspecified atom stereocenters. The minimum Gasteiger partial charge on any atom is -0.480 e. The van der Waals surface area contributed by atoms with Crippen LogP contribution in [0.25, 0.3) is 21.9 Å². The molecule has 12 nitrogen and oxygen atoms in total. The summed E-state index contributed by atoms with van der Waals surface area (Å²) in [4.78, 5) is 36.5. The molecule has 0 aliphatic heterocycles. The molecular formula is C32H32N6O6S.